The molecular formula is C11H19N3O. The summed E-state index contributed by atoms with van der Waals surface area (Å²) in [4.78, 5) is 0. The largest absolute Gasteiger partial charge is 0.397 e. The highest BCUT2D eigenvalue weighted by atomic mass is 16.5. The number of nitrogens with two attached hydrogens (primary N) is 2. The number of hydrogen-bond donors (Lipinski definition) is 3. The van der Waals surface area contributed by atoms with Crippen molar-refractivity contribution >= 4 is 11.4 Å². The molecule has 1 heterocycles. The maximum Gasteiger partial charge on any atom is 0.0591 e. The second-order valence-corrected chi connectivity index (χ2v) is 3.49. The van der Waals surface area contributed by atoms with Gasteiger partial charge in [0, 0.05) is 13.1 Å². The molecule has 1 aliphatic rings. The molecule has 0 saturated carbocycles. The first-order valence-electron chi connectivity index (χ1n) is 5.10. The normalized spacial score (nSPS) is 15.3. The molecule has 0 aliphatic carbocycles. The summed E-state index contributed by atoms with van der Waals surface area (Å²) in [5.41, 5.74) is 13.4. The molecule has 1 aliphatic heterocycles. The Kier molecular flexibility index (Phi) is 4.93. The number of aryl methyl sites for hydroxylation is 1. The molecule has 2 rings (SSSR count). The molecule has 0 unspecified atom stereocenters. The van der Waals surface area contributed by atoms with Crippen molar-refractivity contribution in [3.8, 4) is 0 Å². The standard InChI is InChI=1S/C7H10N2.C4H9NO/c1-5-2-3-6(8)7(9)4-5;1-3-6-4-2-5-1/h2-4H,8-9H2,1H3;5H,1-4H2. The van der Waals surface area contributed by atoms with E-state index < -0.39 is 0 Å². The fourth-order valence-electron chi connectivity index (χ4n) is 1.21. The van der Waals surface area contributed by atoms with E-state index in [4.69, 9.17) is 16.2 Å². The summed E-state index contributed by atoms with van der Waals surface area (Å²) in [5.74, 6) is 0. The summed E-state index contributed by atoms with van der Waals surface area (Å²) in [6, 6.07) is 5.60. The lowest BCUT2D eigenvalue weighted by Crippen LogP contribution is -2.30. The van der Waals surface area contributed by atoms with Gasteiger partial charge in [-0.3, -0.25) is 0 Å². The van der Waals surface area contributed by atoms with Crippen LogP contribution in [0.3, 0.4) is 0 Å². The lowest BCUT2D eigenvalue weighted by atomic mass is 10.2. The summed E-state index contributed by atoms with van der Waals surface area (Å²) in [6.07, 6.45) is 0. The van der Waals surface area contributed by atoms with Gasteiger partial charge in [0.25, 0.3) is 0 Å². The molecule has 1 aromatic rings. The van der Waals surface area contributed by atoms with E-state index in [9.17, 15) is 0 Å². The summed E-state index contributed by atoms with van der Waals surface area (Å²) in [7, 11) is 0. The summed E-state index contributed by atoms with van der Waals surface area (Å²) in [6.45, 7) is 5.82. The van der Waals surface area contributed by atoms with Crippen LogP contribution in [0.1, 0.15) is 5.56 Å². The number of rotatable bonds is 0. The predicted octanol–water partition coefficient (Wildman–Crippen LogP) is 0.766. The molecule has 4 nitrogen and oxygen atoms in total. The zero-order valence-electron chi connectivity index (χ0n) is 9.12. The molecule has 5 N–H and O–H groups in total. The Hall–Kier alpha value is -1.26. The average Bonchev–Trinajstić information content (AvgIpc) is 2.27. The van der Waals surface area contributed by atoms with E-state index in [-0.39, 0.29) is 0 Å². The van der Waals surface area contributed by atoms with E-state index >= 15 is 0 Å². The topological polar surface area (TPSA) is 73.3 Å². The second-order valence-electron chi connectivity index (χ2n) is 3.49. The van der Waals surface area contributed by atoms with Crippen LogP contribution in [-0.4, -0.2) is 26.3 Å². The molecule has 0 aromatic heterocycles. The molecule has 0 spiro atoms. The van der Waals surface area contributed by atoms with Crippen molar-refractivity contribution in [2.24, 2.45) is 0 Å². The van der Waals surface area contributed by atoms with E-state index in [1.54, 1.807) is 0 Å². The van der Waals surface area contributed by atoms with Crippen molar-refractivity contribution in [2.45, 2.75) is 6.92 Å². The van der Waals surface area contributed by atoms with Crippen LogP contribution in [0.2, 0.25) is 0 Å². The SMILES string of the molecule is C1COCCN1.Cc1ccc(N)c(N)c1. The summed E-state index contributed by atoms with van der Waals surface area (Å²) < 4.78 is 5.01. The monoisotopic (exact) mass is 209 g/mol. The van der Waals surface area contributed by atoms with Gasteiger partial charge in [-0.05, 0) is 24.6 Å². The Morgan fingerprint density at radius 2 is 1.80 bits per heavy atom. The minimum Gasteiger partial charge on any atom is -0.397 e. The van der Waals surface area contributed by atoms with Gasteiger partial charge in [-0.25, -0.2) is 0 Å². The van der Waals surface area contributed by atoms with Crippen LogP contribution in [0.15, 0.2) is 18.2 Å². The smallest absolute Gasteiger partial charge is 0.0591 e. The van der Waals surface area contributed by atoms with Crippen LogP contribution in [0.5, 0.6) is 0 Å². The number of nitrogen functional groups attached to an aromatic ring is 2. The van der Waals surface area contributed by atoms with Gasteiger partial charge in [0.2, 0.25) is 0 Å². The third-order valence-corrected chi connectivity index (χ3v) is 2.09. The van der Waals surface area contributed by atoms with E-state index in [2.05, 4.69) is 5.32 Å². The van der Waals surface area contributed by atoms with Gasteiger partial charge < -0.3 is 21.5 Å². The van der Waals surface area contributed by atoms with Crippen molar-refractivity contribution in [1.29, 1.82) is 0 Å². The number of nitrogens with one attached hydrogen (secondary N) is 1. The predicted molar refractivity (Wildman–Crippen MR) is 63.7 cm³/mol. The van der Waals surface area contributed by atoms with Gasteiger partial charge in [0.15, 0.2) is 0 Å². The van der Waals surface area contributed by atoms with Crippen LogP contribution in [0.25, 0.3) is 0 Å². The lowest BCUT2D eigenvalue weighted by Gasteiger charge is -2.10. The molecule has 1 fully saturated rings. The average molecular weight is 209 g/mol. The maximum absolute atomic E-state index is 5.50. The lowest BCUT2D eigenvalue weighted by molar-refractivity contribution is 0.109. The van der Waals surface area contributed by atoms with Gasteiger partial charge in [-0.15, -0.1) is 0 Å². The Labute approximate surface area is 90.6 Å². The van der Waals surface area contributed by atoms with Crippen LogP contribution >= 0.6 is 0 Å². The minimum absolute atomic E-state index is 0.653. The molecule has 0 amide bonds. The first-order valence-corrected chi connectivity index (χ1v) is 5.10. The maximum atomic E-state index is 5.50. The van der Waals surface area contributed by atoms with Crippen LogP contribution in [0.4, 0.5) is 11.4 Å². The van der Waals surface area contributed by atoms with Crippen molar-refractivity contribution in [3.63, 3.8) is 0 Å². The number of hydrogen-bond acceptors (Lipinski definition) is 4. The molecule has 84 valence electrons. The minimum atomic E-state index is 0.653. The molecule has 1 aromatic carbocycles. The Bertz CT molecular complexity index is 286. The molecule has 0 radical (unpaired) electrons. The van der Waals surface area contributed by atoms with Gasteiger partial charge in [-0.1, -0.05) is 6.07 Å². The highest BCUT2D eigenvalue weighted by molar-refractivity contribution is 5.63. The van der Waals surface area contributed by atoms with Crippen molar-refractivity contribution in [2.75, 3.05) is 37.8 Å². The quantitative estimate of drug-likeness (QED) is 0.552. The third kappa shape index (κ3) is 4.67. The van der Waals surface area contributed by atoms with Crippen molar-refractivity contribution in [1.82, 2.24) is 5.32 Å². The first-order chi connectivity index (χ1) is 7.20. The zero-order valence-corrected chi connectivity index (χ0v) is 9.12. The molecule has 4 heteroatoms. The van der Waals surface area contributed by atoms with Gasteiger partial charge in [0.05, 0.1) is 24.6 Å². The number of morpholine rings is 1. The van der Waals surface area contributed by atoms with E-state index in [1.807, 2.05) is 25.1 Å². The molecule has 1 saturated heterocycles. The Morgan fingerprint density at radius 1 is 1.13 bits per heavy atom. The summed E-state index contributed by atoms with van der Waals surface area (Å²) >= 11 is 0. The van der Waals surface area contributed by atoms with E-state index in [0.717, 1.165) is 31.9 Å². The number of anilines is 2. The fraction of sp³-hybridized carbons (Fsp3) is 0.455. The Balaban J connectivity index is 0.000000162. The van der Waals surface area contributed by atoms with Gasteiger partial charge in [-0.2, -0.15) is 0 Å². The molecule has 15 heavy (non-hydrogen) atoms. The fourth-order valence-corrected chi connectivity index (χ4v) is 1.21. The number of benzene rings is 1. The zero-order chi connectivity index (χ0) is 11.1. The second kappa shape index (κ2) is 6.27. The van der Waals surface area contributed by atoms with E-state index in [0.29, 0.717) is 11.4 Å². The van der Waals surface area contributed by atoms with Gasteiger partial charge in [0.1, 0.15) is 0 Å². The van der Waals surface area contributed by atoms with Crippen LogP contribution < -0.4 is 16.8 Å². The van der Waals surface area contributed by atoms with Crippen molar-refractivity contribution < 1.29 is 4.74 Å². The molecular weight excluding hydrogens is 190 g/mol. The van der Waals surface area contributed by atoms with Gasteiger partial charge >= 0.3 is 0 Å². The molecule has 0 atom stereocenters. The highest BCUT2D eigenvalue weighted by Crippen LogP contribution is 2.14. The van der Waals surface area contributed by atoms with Crippen LogP contribution in [-0.2, 0) is 4.74 Å². The van der Waals surface area contributed by atoms with Crippen molar-refractivity contribution in [3.05, 3.63) is 23.8 Å². The van der Waals surface area contributed by atoms with Crippen LogP contribution in [0, 0.1) is 6.92 Å². The highest BCUT2D eigenvalue weighted by Gasteiger charge is 1.93. The molecule has 0 bridgehead atoms. The van der Waals surface area contributed by atoms with E-state index in [1.165, 1.54) is 0 Å². The summed E-state index contributed by atoms with van der Waals surface area (Å²) in [5, 5.41) is 3.16. The third-order valence-electron chi connectivity index (χ3n) is 2.09. The first kappa shape index (κ1) is 11.8. The Morgan fingerprint density at radius 3 is 2.13 bits per heavy atom. The number of ether oxygens (including phenoxy) is 1.